The van der Waals surface area contributed by atoms with E-state index in [2.05, 4.69) is 4.18 Å². The highest BCUT2D eigenvalue weighted by atomic mass is 32.2. The maximum atomic E-state index is 14.6. The normalized spacial score (nSPS) is 17.6. The average molecular weight is 635 g/mol. The van der Waals surface area contributed by atoms with Crippen molar-refractivity contribution in [3.8, 4) is 5.75 Å². The van der Waals surface area contributed by atoms with Gasteiger partial charge in [0.05, 0.1) is 29.4 Å². The van der Waals surface area contributed by atoms with Crippen molar-refractivity contribution < 1.29 is 61.6 Å². The first-order valence-electron chi connectivity index (χ1n) is 11.6. The van der Waals surface area contributed by atoms with Crippen LogP contribution in [0.25, 0.3) is 0 Å². The molecule has 0 amide bonds. The minimum Gasteiger partial charge on any atom is -0.378 e. The van der Waals surface area contributed by atoms with Gasteiger partial charge in [-0.1, -0.05) is 65.6 Å². The number of alkyl halides is 9. The van der Waals surface area contributed by atoms with Crippen molar-refractivity contribution in [2.75, 3.05) is 13.2 Å². The van der Waals surface area contributed by atoms with Crippen LogP contribution in [-0.2, 0) is 19.6 Å². The molecule has 1 heterocycles. The van der Waals surface area contributed by atoms with Gasteiger partial charge in [0, 0.05) is 5.56 Å². The molecule has 39 heavy (non-hydrogen) atoms. The second-order valence-electron chi connectivity index (χ2n) is 11.8. The zero-order valence-corrected chi connectivity index (χ0v) is 25.3. The van der Waals surface area contributed by atoms with Crippen LogP contribution < -0.4 is 14.6 Å². The topological polar surface area (TPSA) is 61.8 Å². The van der Waals surface area contributed by atoms with Crippen molar-refractivity contribution in [2.24, 2.45) is 0 Å². The summed E-state index contributed by atoms with van der Waals surface area (Å²) in [6, 6.07) is 2.70. The number of hydrogen-bond donors (Lipinski definition) is 0. The Kier molecular flexibility index (Phi) is 8.61. The summed E-state index contributed by atoms with van der Waals surface area (Å²) in [6.45, 7) is 14.0. The predicted octanol–water partition coefficient (Wildman–Crippen LogP) is 6.13. The monoisotopic (exact) mass is 634 g/mol. The predicted molar refractivity (Wildman–Crippen MR) is 131 cm³/mol. The van der Waals surface area contributed by atoms with Gasteiger partial charge in [0.25, 0.3) is 0 Å². The van der Waals surface area contributed by atoms with Crippen LogP contribution in [0.5, 0.6) is 5.75 Å². The van der Waals surface area contributed by atoms with Crippen molar-refractivity contribution in [1.82, 2.24) is 0 Å². The van der Waals surface area contributed by atoms with E-state index in [4.69, 9.17) is 9.47 Å². The van der Waals surface area contributed by atoms with Gasteiger partial charge < -0.3 is 13.7 Å². The van der Waals surface area contributed by atoms with Crippen LogP contribution in [0, 0.1) is 0 Å². The number of halogens is 9. The molecule has 0 bridgehead atoms. The summed E-state index contributed by atoms with van der Waals surface area (Å²) in [5.74, 6) is -15.6. The lowest BCUT2D eigenvalue weighted by Crippen LogP contribution is -2.64. The molecule has 1 aliphatic heterocycles. The molecule has 17 heteroatoms. The van der Waals surface area contributed by atoms with Crippen LogP contribution in [-0.4, -0.2) is 61.1 Å². The summed E-state index contributed by atoms with van der Waals surface area (Å²) in [5.41, 5.74) is 0.357. The van der Waals surface area contributed by atoms with Crippen molar-refractivity contribution in [1.29, 1.82) is 0 Å². The SMILES string of the molecule is CC(C)(C)[Si](C)(C)c1cc(C2OCCO2)cc([Si](C)(C)C)c1OS(=O)(=O)C(F)(F)C(F)(F)C(F)(F)C(F)(F)F. The Hall–Kier alpha value is -1.31. The molecular formula is C22H31F9O5SSi2. The fourth-order valence-electron chi connectivity index (χ4n) is 3.53. The van der Waals surface area contributed by atoms with Gasteiger partial charge in [0.1, 0.15) is 5.75 Å². The van der Waals surface area contributed by atoms with Crippen molar-refractivity contribution in [3.63, 3.8) is 0 Å². The van der Waals surface area contributed by atoms with Crippen LogP contribution in [0.2, 0.25) is 37.8 Å². The van der Waals surface area contributed by atoms with Gasteiger partial charge in [-0.3, -0.25) is 0 Å². The summed E-state index contributed by atoms with van der Waals surface area (Å²) in [4.78, 5) is 0. The molecule has 5 nitrogen and oxygen atoms in total. The molecule has 0 unspecified atom stereocenters. The summed E-state index contributed by atoms with van der Waals surface area (Å²) >= 11 is 0. The van der Waals surface area contributed by atoms with Crippen molar-refractivity contribution in [2.45, 2.75) is 88.1 Å². The Morgan fingerprint density at radius 1 is 0.795 bits per heavy atom. The van der Waals surface area contributed by atoms with Gasteiger partial charge in [0.15, 0.2) is 6.29 Å². The standard InChI is InChI=1S/C22H31F9O5SSi2/c1-18(2,3)39(7,8)15-12-13(17-34-9-10-35-17)11-14(38(4,5)6)16(15)36-37(32,33)22(30,31)20(25,26)19(23,24)21(27,28)29/h11-12,17H,9-10H2,1-8H3. The van der Waals surface area contributed by atoms with E-state index >= 15 is 0 Å². The van der Waals surface area contributed by atoms with E-state index < -0.39 is 66.6 Å². The first-order chi connectivity index (χ1) is 17.0. The molecular weight excluding hydrogens is 603 g/mol. The van der Waals surface area contributed by atoms with Crippen LogP contribution >= 0.6 is 0 Å². The molecule has 0 N–H and O–H groups in total. The minimum absolute atomic E-state index is 0.0178. The third-order valence-electron chi connectivity index (χ3n) is 6.98. The maximum absolute atomic E-state index is 14.6. The van der Waals surface area contributed by atoms with Crippen molar-refractivity contribution in [3.05, 3.63) is 17.7 Å². The van der Waals surface area contributed by atoms with Crippen LogP contribution in [0.3, 0.4) is 0 Å². The van der Waals surface area contributed by atoms with E-state index in [9.17, 15) is 47.9 Å². The van der Waals surface area contributed by atoms with E-state index in [0.717, 1.165) is 0 Å². The molecule has 0 saturated carbocycles. The summed E-state index contributed by atoms with van der Waals surface area (Å²) in [6.07, 6.45) is -8.11. The third-order valence-corrected chi connectivity index (χ3v) is 15.7. The molecule has 2 rings (SSSR count). The van der Waals surface area contributed by atoms with Gasteiger partial charge in [-0.05, 0) is 15.4 Å². The zero-order chi connectivity index (χ0) is 30.8. The highest BCUT2D eigenvalue weighted by Crippen LogP contribution is 2.55. The Morgan fingerprint density at radius 2 is 1.23 bits per heavy atom. The van der Waals surface area contributed by atoms with Crippen LogP contribution in [0.4, 0.5) is 39.5 Å². The Balaban J connectivity index is 2.91. The molecule has 226 valence electrons. The van der Waals surface area contributed by atoms with E-state index in [1.807, 2.05) is 0 Å². The molecule has 0 radical (unpaired) electrons. The average Bonchev–Trinajstić information content (AvgIpc) is 3.25. The third kappa shape index (κ3) is 5.74. The molecule has 0 aliphatic carbocycles. The number of ether oxygens (including phenoxy) is 2. The molecule has 0 spiro atoms. The van der Waals surface area contributed by atoms with Gasteiger partial charge in [-0.2, -0.15) is 47.9 Å². The fraction of sp³-hybridized carbons (Fsp3) is 0.727. The van der Waals surface area contributed by atoms with Crippen molar-refractivity contribution >= 4 is 36.6 Å². The largest absolute Gasteiger partial charge is 0.460 e. The van der Waals surface area contributed by atoms with Gasteiger partial charge in [-0.15, -0.1) is 0 Å². The molecule has 0 atom stereocenters. The smallest absolute Gasteiger partial charge is 0.378 e. The molecule has 1 aromatic carbocycles. The first-order valence-corrected chi connectivity index (χ1v) is 19.5. The van der Waals surface area contributed by atoms with Gasteiger partial charge >= 0.3 is 33.4 Å². The second kappa shape index (κ2) is 9.91. The highest BCUT2D eigenvalue weighted by molar-refractivity contribution is 7.88. The Bertz CT molecular complexity index is 1180. The molecule has 1 saturated heterocycles. The maximum Gasteiger partial charge on any atom is 0.460 e. The molecule has 1 fully saturated rings. The Labute approximate surface area is 223 Å². The number of hydrogen-bond acceptors (Lipinski definition) is 5. The quantitative estimate of drug-likeness (QED) is 0.196. The lowest BCUT2D eigenvalue weighted by atomic mass is 10.1. The van der Waals surface area contributed by atoms with E-state index in [1.165, 1.54) is 12.1 Å². The molecule has 1 aliphatic rings. The van der Waals surface area contributed by atoms with E-state index in [0.29, 0.717) is 5.56 Å². The summed E-state index contributed by atoms with van der Waals surface area (Å²) in [5, 5.41) is -7.56. The lowest BCUT2D eigenvalue weighted by molar-refractivity contribution is -0.382. The summed E-state index contributed by atoms with van der Waals surface area (Å²) in [7, 11) is -13.0. The molecule has 0 aromatic heterocycles. The van der Waals surface area contributed by atoms with E-state index in [1.54, 1.807) is 53.5 Å². The number of benzene rings is 1. The minimum atomic E-state index is -7.40. The highest BCUT2D eigenvalue weighted by Gasteiger charge is 2.86. The fourth-order valence-corrected chi connectivity index (χ4v) is 8.31. The lowest BCUT2D eigenvalue weighted by Gasteiger charge is -2.40. The van der Waals surface area contributed by atoms with E-state index in [-0.39, 0.29) is 23.6 Å². The molecule has 1 aromatic rings. The second-order valence-corrected chi connectivity index (χ2v) is 23.8. The van der Waals surface area contributed by atoms with Gasteiger partial charge in [0.2, 0.25) is 0 Å². The van der Waals surface area contributed by atoms with Gasteiger partial charge in [-0.25, -0.2) is 0 Å². The summed E-state index contributed by atoms with van der Waals surface area (Å²) < 4.78 is 163. The number of rotatable bonds is 8. The Morgan fingerprint density at radius 3 is 1.62 bits per heavy atom. The zero-order valence-electron chi connectivity index (χ0n) is 22.5. The first kappa shape index (κ1) is 33.9. The van der Waals surface area contributed by atoms with Crippen LogP contribution in [0.1, 0.15) is 32.6 Å². The van der Waals surface area contributed by atoms with Crippen LogP contribution in [0.15, 0.2) is 12.1 Å².